The van der Waals surface area contributed by atoms with Gasteiger partial charge in [-0.1, -0.05) is 37.0 Å². The van der Waals surface area contributed by atoms with E-state index in [-0.39, 0.29) is 29.9 Å². The van der Waals surface area contributed by atoms with Gasteiger partial charge in [-0.2, -0.15) is 0 Å². The topological polar surface area (TPSA) is 69.6 Å². The lowest BCUT2D eigenvalue weighted by Gasteiger charge is -2.54. The van der Waals surface area contributed by atoms with Crippen LogP contribution in [0.2, 0.25) is 0 Å². The predicted octanol–water partition coefficient (Wildman–Crippen LogP) is 4.71. The molecular formula is C29H32ClNO3. The number of carbonyl (C=O) groups is 1. The molecule has 0 bridgehead atoms. The molecule has 2 aromatic rings. The summed E-state index contributed by atoms with van der Waals surface area (Å²) in [5.41, 5.74) is 4.79. The Morgan fingerprint density at radius 3 is 2.74 bits per heavy atom. The fourth-order valence-electron chi connectivity index (χ4n) is 7.14. The van der Waals surface area contributed by atoms with Crippen molar-refractivity contribution in [2.24, 2.45) is 17.3 Å². The molecule has 0 heterocycles. The van der Waals surface area contributed by atoms with Gasteiger partial charge in [0.2, 0.25) is 5.91 Å². The number of fused-ring (bicyclic) bond motifs is 5. The molecule has 2 aromatic carbocycles. The van der Waals surface area contributed by atoms with Crippen molar-refractivity contribution < 1.29 is 15.0 Å². The van der Waals surface area contributed by atoms with Gasteiger partial charge < -0.3 is 15.5 Å². The van der Waals surface area contributed by atoms with Crippen LogP contribution >= 0.6 is 11.6 Å². The minimum Gasteiger partial charge on any atom is -0.508 e. The van der Waals surface area contributed by atoms with Crippen molar-refractivity contribution in [2.75, 3.05) is 12.4 Å². The monoisotopic (exact) mass is 477 g/mol. The van der Waals surface area contributed by atoms with Gasteiger partial charge in [0.15, 0.2) is 0 Å². The number of aliphatic hydroxyl groups is 1. The van der Waals surface area contributed by atoms with Gasteiger partial charge in [0.05, 0.1) is 12.6 Å². The number of rotatable bonds is 3. The number of nitrogens with one attached hydrogen (secondary N) is 1. The van der Waals surface area contributed by atoms with Crippen molar-refractivity contribution in [3.8, 4) is 17.6 Å². The number of hydrogen-bond acceptors (Lipinski definition) is 3. The second kappa shape index (κ2) is 9.29. The van der Waals surface area contributed by atoms with E-state index in [0.717, 1.165) is 37.7 Å². The number of aromatic hydroxyl groups is 1. The standard InChI is InChI=1S/C29H32ClNO3/c1-29-16-24(19-6-4-18(5-7-19)3-2-14-31-27(34)17-30)28-22-11-9-21(32)15-20(22)8-10-23(28)25(29)12-13-26(29)33/h4-7,9,11,15,23-26,28,32-33H,8,10,12-14,16-17H2,1H3,(H,31,34)/t23-,24+,25-,26-,28+,29-/m0/s1. The maximum absolute atomic E-state index is 11.2. The number of phenols is 1. The molecule has 4 nitrogen and oxygen atoms in total. The molecule has 3 aliphatic carbocycles. The van der Waals surface area contributed by atoms with Crippen molar-refractivity contribution in [2.45, 2.75) is 57.0 Å². The van der Waals surface area contributed by atoms with Crippen LogP contribution in [0.4, 0.5) is 0 Å². The zero-order chi connectivity index (χ0) is 23.9. The van der Waals surface area contributed by atoms with Crippen molar-refractivity contribution in [1.82, 2.24) is 5.32 Å². The van der Waals surface area contributed by atoms with E-state index in [1.165, 1.54) is 16.7 Å². The summed E-state index contributed by atoms with van der Waals surface area (Å²) in [6.07, 6.45) is 4.84. The fraction of sp³-hybridized carbons (Fsp3) is 0.483. The fourth-order valence-corrected chi connectivity index (χ4v) is 7.24. The third kappa shape index (κ3) is 4.10. The van der Waals surface area contributed by atoms with E-state index in [1.54, 1.807) is 0 Å². The zero-order valence-electron chi connectivity index (χ0n) is 19.6. The average Bonchev–Trinajstić information content (AvgIpc) is 3.15. The summed E-state index contributed by atoms with van der Waals surface area (Å²) < 4.78 is 0. The van der Waals surface area contributed by atoms with Gasteiger partial charge in [-0.05, 0) is 102 Å². The number of carbonyl (C=O) groups excluding carboxylic acids is 1. The number of aryl methyl sites for hydroxylation is 1. The van der Waals surface area contributed by atoms with Gasteiger partial charge in [-0.25, -0.2) is 0 Å². The van der Waals surface area contributed by atoms with E-state index in [1.807, 2.05) is 12.1 Å². The van der Waals surface area contributed by atoms with Gasteiger partial charge in [-0.15, -0.1) is 11.6 Å². The Morgan fingerprint density at radius 2 is 1.97 bits per heavy atom. The first-order valence-electron chi connectivity index (χ1n) is 12.3. The number of halogens is 1. The molecule has 3 N–H and O–H groups in total. The number of alkyl halides is 1. The van der Waals surface area contributed by atoms with Crippen molar-refractivity contribution >= 4 is 17.5 Å². The lowest BCUT2D eigenvalue weighted by atomic mass is 9.51. The lowest BCUT2D eigenvalue weighted by molar-refractivity contribution is -0.118. The molecule has 6 atom stereocenters. The van der Waals surface area contributed by atoms with Crippen LogP contribution in [0.1, 0.15) is 66.7 Å². The molecule has 0 aliphatic heterocycles. The van der Waals surface area contributed by atoms with E-state index in [4.69, 9.17) is 11.6 Å². The summed E-state index contributed by atoms with van der Waals surface area (Å²) in [7, 11) is 0. The van der Waals surface area contributed by atoms with Gasteiger partial charge in [0.25, 0.3) is 0 Å². The van der Waals surface area contributed by atoms with Crippen molar-refractivity contribution in [1.29, 1.82) is 0 Å². The zero-order valence-corrected chi connectivity index (χ0v) is 20.3. The Balaban J connectivity index is 1.46. The maximum atomic E-state index is 11.2. The molecule has 34 heavy (non-hydrogen) atoms. The highest BCUT2D eigenvalue weighted by molar-refractivity contribution is 6.27. The van der Waals surface area contributed by atoms with Crippen LogP contribution in [0.3, 0.4) is 0 Å². The Hall–Kier alpha value is -2.48. The van der Waals surface area contributed by atoms with Crippen LogP contribution in [-0.4, -0.2) is 34.6 Å². The van der Waals surface area contributed by atoms with E-state index >= 15 is 0 Å². The first kappa shape index (κ1) is 23.3. The third-order valence-electron chi connectivity index (χ3n) is 8.73. The summed E-state index contributed by atoms with van der Waals surface area (Å²) in [5, 5.41) is 23.7. The van der Waals surface area contributed by atoms with Gasteiger partial charge in [-0.3, -0.25) is 4.79 Å². The minimum atomic E-state index is -0.240. The summed E-state index contributed by atoms with van der Waals surface area (Å²) in [5.74, 6) is 7.94. The minimum absolute atomic E-state index is 0.0562. The maximum Gasteiger partial charge on any atom is 0.235 e. The summed E-state index contributed by atoms with van der Waals surface area (Å²) in [6, 6.07) is 14.4. The average molecular weight is 478 g/mol. The highest BCUT2D eigenvalue weighted by atomic mass is 35.5. The second-order valence-corrected chi connectivity index (χ2v) is 10.7. The van der Waals surface area contributed by atoms with Crippen LogP contribution in [-0.2, 0) is 11.2 Å². The Kier molecular flexibility index (Phi) is 6.35. The number of aliphatic hydroxyl groups excluding tert-OH is 1. The SMILES string of the molecule is C[C@]12C[C@H](c3ccc(C#CCNC(=O)CCl)cc3)[C@@H]3c4ccc(O)cc4CC[C@H]3[C@@H]1CC[C@@H]2O. The highest BCUT2D eigenvalue weighted by Gasteiger charge is 2.57. The number of amides is 1. The van der Waals surface area contributed by atoms with Crippen molar-refractivity contribution in [3.63, 3.8) is 0 Å². The molecule has 178 valence electrons. The van der Waals surface area contributed by atoms with Gasteiger partial charge in [0.1, 0.15) is 11.6 Å². The predicted molar refractivity (Wildman–Crippen MR) is 134 cm³/mol. The lowest BCUT2D eigenvalue weighted by Crippen LogP contribution is -2.47. The van der Waals surface area contributed by atoms with E-state index < -0.39 is 0 Å². The summed E-state index contributed by atoms with van der Waals surface area (Å²) in [4.78, 5) is 11.2. The van der Waals surface area contributed by atoms with Crippen molar-refractivity contribution in [3.05, 3.63) is 64.7 Å². The highest BCUT2D eigenvalue weighted by Crippen LogP contribution is 2.65. The number of phenolic OH excluding ortho intramolecular Hbond substituents is 1. The third-order valence-corrected chi connectivity index (χ3v) is 8.97. The molecule has 2 saturated carbocycles. The molecule has 0 spiro atoms. The smallest absolute Gasteiger partial charge is 0.235 e. The summed E-state index contributed by atoms with van der Waals surface area (Å²) in [6.45, 7) is 2.58. The molecule has 1 amide bonds. The molecule has 3 aliphatic rings. The van der Waals surface area contributed by atoms with E-state index in [0.29, 0.717) is 29.4 Å². The molecule has 0 radical (unpaired) electrons. The van der Waals surface area contributed by atoms with Crippen LogP contribution in [0.5, 0.6) is 5.75 Å². The van der Waals surface area contributed by atoms with E-state index in [9.17, 15) is 15.0 Å². The molecule has 0 saturated heterocycles. The quantitative estimate of drug-likeness (QED) is 0.443. The number of benzene rings is 2. The molecule has 5 rings (SSSR count). The van der Waals surface area contributed by atoms with Crippen LogP contribution in [0.25, 0.3) is 0 Å². The number of hydrogen-bond donors (Lipinski definition) is 3. The first-order chi connectivity index (χ1) is 16.4. The van der Waals surface area contributed by atoms with Gasteiger partial charge >= 0.3 is 0 Å². The molecule has 0 aromatic heterocycles. The Morgan fingerprint density at radius 1 is 1.18 bits per heavy atom. The molecular weight excluding hydrogens is 446 g/mol. The molecule has 5 heteroatoms. The summed E-state index contributed by atoms with van der Waals surface area (Å²) >= 11 is 5.49. The molecule has 0 unspecified atom stereocenters. The first-order valence-corrected chi connectivity index (χ1v) is 12.9. The second-order valence-electron chi connectivity index (χ2n) is 10.5. The van der Waals surface area contributed by atoms with Crippen LogP contribution in [0.15, 0.2) is 42.5 Å². The largest absolute Gasteiger partial charge is 0.508 e. The Bertz CT molecular complexity index is 1130. The van der Waals surface area contributed by atoms with Gasteiger partial charge in [0, 0.05) is 5.56 Å². The van der Waals surface area contributed by atoms with Crippen LogP contribution < -0.4 is 5.32 Å². The normalized spacial score (nSPS) is 31.4. The van der Waals surface area contributed by atoms with E-state index in [2.05, 4.69) is 54.4 Å². The molecule has 2 fully saturated rings. The van der Waals surface area contributed by atoms with Crippen LogP contribution in [0, 0.1) is 29.1 Å². The Labute approximate surface area is 206 Å².